The second-order valence-electron chi connectivity index (χ2n) is 9.22. The number of carbonyl (C=O) groups excluding carboxylic acids is 2. The topological polar surface area (TPSA) is 56.8 Å². The van der Waals surface area contributed by atoms with Crippen molar-refractivity contribution in [3.05, 3.63) is 102 Å². The molecule has 2 saturated heterocycles. The summed E-state index contributed by atoms with van der Waals surface area (Å²) in [4.78, 5) is 37.3. The first kappa shape index (κ1) is 22.3. The van der Waals surface area contributed by atoms with Gasteiger partial charge in [-0.3, -0.25) is 19.6 Å². The molecule has 2 aromatic carbocycles. The molecule has 1 aromatic heterocycles. The van der Waals surface area contributed by atoms with Gasteiger partial charge in [-0.1, -0.05) is 66.7 Å². The maximum atomic E-state index is 13.8. The molecular formula is C28H30N4O2. The lowest BCUT2D eigenvalue weighted by molar-refractivity contribution is -0.136. The molecule has 0 radical (unpaired) electrons. The van der Waals surface area contributed by atoms with Crippen LogP contribution in [0.3, 0.4) is 0 Å². The monoisotopic (exact) mass is 454 g/mol. The molecule has 1 spiro atoms. The average Bonchev–Trinajstić information content (AvgIpc) is 3.07. The van der Waals surface area contributed by atoms with Gasteiger partial charge >= 0.3 is 6.03 Å². The Morgan fingerprint density at radius 2 is 1.41 bits per heavy atom. The quantitative estimate of drug-likeness (QED) is 0.504. The number of pyridine rings is 1. The van der Waals surface area contributed by atoms with Crippen LogP contribution in [-0.4, -0.2) is 56.8 Å². The van der Waals surface area contributed by atoms with Gasteiger partial charge in [-0.25, -0.2) is 4.79 Å². The van der Waals surface area contributed by atoms with Crippen molar-refractivity contribution in [2.24, 2.45) is 0 Å². The summed E-state index contributed by atoms with van der Waals surface area (Å²) in [6, 6.07) is 23.8. The van der Waals surface area contributed by atoms with Crippen molar-refractivity contribution in [2.45, 2.75) is 37.9 Å². The first-order valence-corrected chi connectivity index (χ1v) is 12.0. The minimum Gasteiger partial charge on any atom is -0.309 e. The number of amides is 3. The summed E-state index contributed by atoms with van der Waals surface area (Å²) in [7, 11) is 0. The molecule has 6 heteroatoms. The van der Waals surface area contributed by atoms with Gasteiger partial charge in [-0.15, -0.1) is 0 Å². The predicted octanol–water partition coefficient (Wildman–Crippen LogP) is 4.12. The number of carbonyl (C=O) groups is 2. The average molecular weight is 455 g/mol. The van der Waals surface area contributed by atoms with E-state index in [-0.39, 0.29) is 11.9 Å². The van der Waals surface area contributed by atoms with Crippen LogP contribution in [0.2, 0.25) is 0 Å². The van der Waals surface area contributed by atoms with E-state index in [0.717, 1.165) is 31.6 Å². The highest BCUT2D eigenvalue weighted by atomic mass is 16.2. The highest BCUT2D eigenvalue weighted by Crippen LogP contribution is 2.38. The van der Waals surface area contributed by atoms with Gasteiger partial charge in [0, 0.05) is 38.6 Å². The minimum absolute atomic E-state index is 0.0459. The van der Waals surface area contributed by atoms with Gasteiger partial charge in [0.15, 0.2) is 0 Å². The third kappa shape index (κ3) is 4.46. The second-order valence-corrected chi connectivity index (χ2v) is 9.22. The van der Waals surface area contributed by atoms with Crippen molar-refractivity contribution in [1.82, 2.24) is 19.7 Å². The van der Waals surface area contributed by atoms with Crippen LogP contribution < -0.4 is 0 Å². The maximum Gasteiger partial charge on any atom is 0.328 e. The third-order valence-electron chi connectivity index (χ3n) is 7.08. The second kappa shape index (κ2) is 9.77. The lowest BCUT2D eigenvalue weighted by Gasteiger charge is -2.42. The summed E-state index contributed by atoms with van der Waals surface area (Å²) >= 11 is 0. The Morgan fingerprint density at radius 3 is 2.06 bits per heavy atom. The first-order chi connectivity index (χ1) is 16.7. The normalized spacial score (nSPS) is 18.1. The van der Waals surface area contributed by atoms with Crippen molar-refractivity contribution in [3.63, 3.8) is 0 Å². The van der Waals surface area contributed by atoms with Crippen molar-refractivity contribution in [3.8, 4) is 0 Å². The molecule has 5 rings (SSSR count). The number of likely N-dealkylation sites (tertiary alicyclic amines) is 1. The molecule has 3 heterocycles. The Hall–Kier alpha value is -3.51. The molecule has 2 aliphatic heterocycles. The zero-order valence-electron chi connectivity index (χ0n) is 19.3. The Morgan fingerprint density at radius 1 is 0.765 bits per heavy atom. The SMILES string of the molecule is O=C1N(Cc2ccccc2)C(=O)C2(CCN(Cc3cccnc3)CC2)N1CCc1ccccc1. The van der Waals surface area contributed by atoms with E-state index in [1.54, 1.807) is 6.20 Å². The number of hydrogen-bond acceptors (Lipinski definition) is 4. The number of nitrogens with zero attached hydrogens (tertiary/aromatic N) is 4. The summed E-state index contributed by atoms with van der Waals surface area (Å²) in [5.41, 5.74) is 2.55. The zero-order valence-corrected chi connectivity index (χ0v) is 19.3. The van der Waals surface area contributed by atoms with Crippen LogP contribution in [0.1, 0.15) is 29.5 Å². The van der Waals surface area contributed by atoms with Crippen LogP contribution in [0.4, 0.5) is 4.79 Å². The van der Waals surface area contributed by atoms with Crippen LogP contribution in [0.15, 0.2) is 85.2 Å². The Bertz CT molecular complexity index is 1110. The smallest absolute Gasteiger partial charge is 0.309 e. The number of urea groups is 1. The molecule has 3 amide bonds. The van der Waals surface area contributed by atoms with Crippen molar-refractivity contribution in [2.75, 3.05) is 19.6 Å². The molecule has 0 N–H and O–H groups in total. The van der Waals surface area contributed by atoms with Gasteiger partial charge in [-0.05, 0) is 42.0 Å². The van der Waals surface area contributed by atoms with E-state index >= 15 is 0 Å². The Labute approximate surface area is 200 Å². The number of aromatic nitrogens is 1. The van der Waals surface area contributed by atoms with E-state index in [4.69, 9.17) is 0 Å². The summed E-state index contributed by atoms with van der Waals surface area (Å²) in [6.07, 6.45) is 5.71. The van der Waals surface area contributed by atoms with Gasteiger partial charge in [0.2, 0.25) is 0 Å². The lowest BCUT2D eigenvalue weighted by atomic mass is 9.85. The molecule has 0 bridgehead atoms. The minimum atomic E-state index is -0.758. The van der Waals surface area contributed by atoms with Crippen LogP contribution in [0.25, 0.3) is 0 Å². The van der Waals surface area contributed by atoms with Crippen molar-refractivity contribution >= 4 is 11.9 Å². The molecule has 0 unspecified atom stereocenters. The lowest BCUT2D eigenvalue weighted by Crippen LogP contribution is -2.56. The molecule has 2 fully saturated rings. The number of piperidine rings is 1. The molecule has 2 aliphatic rings. The Balaban J connectivity index is 1.35. The van der Waals surface area contributed by atoms with Crippen LogP contribution in [0, 0.1) is 0 Å². The zero-order chi connectivity index (χ0) is 23.4. The van der Waals surface area contributed by atoms with Crippen LogP contribution in [-0.2, 0) is 24.3 Å². The van der Waals surface area contributed by atoms with E-state index in [9.17, 15) is 9.59 Å². The largest absolute Gasteiger partial charge is 0.328 e. The van der Waals surface area contributed by atoms with Crippen molar-refractivity contribution < 1.29 is 9.59 Å². The van der Waals surface area contributed by atoms with E-state index in [0.29, 0.717) is 25.9 Å². The van der Waals surface area contributed by atoms with E-state index in [2.05, 4.69) is 28.1 Å². The molecule has 0 saturated carbocycles. The van der Waals surface area contributed by atoms with Gasteiger partial charge in [-0.2, -0.15) is 0 Å². The van der Waals surface area contributed by atoms with Crippen molar-refractivity contribution in [1.29, 1.82) is 0 Å². The summed E-state index contributed by atoms with van der Waals surface area (Å²) < 4.78 is 0. The molecule has 6 nitrogen and oxygen atoms in total. The number of imide groups is 1. The number of benzene rings is 2. The fourth-order valence-electron chi connectivity index (χ4n) is 5.20. The first-order valence-electron chi connectivity index (χ1n) is 12.0. The van der Waals surface area contributed by atoms with Crippen LogP contribution in [0.5, 0.6) is 0 Å². The Kier molecular flexibility index (Phi) is 6.41. The highest BCUT2D eigenvalue weighted by Gasteiger charge is 2.57. The molecule has 3 aromatic rings. The van der Waals surface area contributed by atoms with Gasteiger partial charge in [0.05, 0.1) is 6.54 Å². The van der Waals surface area contributed by atoms with Crippen LogP contribution >= 0.6 is 0 Å². The predicted molar refractivity (Wildman–Crippen MR) is 131 cm³/mol. The maximum absolute atomic E-state index is 13.8. The molecule has 0 atom stereocenters. The molecule has 174 valence electrons. The van der Waals surface area contributed by atoms with Gasteiger partial charge in [0.25, 0.3) is 5.91 Å². The van der Waals surface area contributed by atoms with E-state index in [1.165, 1.54) is 16.0 Å². The fourth-order valence-corrected chi connectivity index (χ4v) is 5.20. The number of hydrogen-bond donors (Lipinski definition) is 0. The van der Waals surface area contributed by atoms with E-state index < -0.39 is 5.54 Å². The van der Waals surface area contributed by atoms with E-state index in [1.807, 2.05) is 65.7 Å². The van der Waals surface area contributed by atoms with Gasteiger partial charge < -0.3 is 4.90 Å². The summed E-state index contributed by atoms with van der Waals surface area (Å²) in [5.74, 6) is -0.0459. The summed E-state index contributed by atoms with van der Waals surface area (Å²) in [5, 5.41) is 0. The highest BCUT2D eigenvalue weighted by molar-refractivity contribution is 6.07. The molecule has 0 aliphatic carbocycles. The summed E-state index contributed by atoms with van der Waals surface area (Å²) in [6.45, 7) is 3.22. The number of rotatable bonds is 7. The standard InChI is InChI=1S/C28H30N4O2/c33-26-28(14-18-30(19-15-28)21-25-12-7-16-29-20-25)32(17-13-23-8-3-1-4-9-23)27(34)31(26)22-24-10-5-2-6-11-24/h1-12,16,20H,13-15,17-19,21-22H2. The molecule has 34 heavy (non-hydrogen) atoms. The third-order valence-corrected chi connectivity index (χ3v) is 7.08. The fraction of sp³-hybridized carbons (Fsp3) is 0.321. The van der Waals surface area contributed by atoms with Gasteiger partial charge in [0.1, 0.15) is 5.54 Å². The molecular weight excluding hydrogens is 424 g/mol.